The van der Waals surface area contributed by atoms with Crippen molar-refractivity contribution in [3.63, 3.8) is 0 Å². The first-order valence-corrected chi connectivity index (χ1v) is 20.5. The van der Waals surface area contributed by atoms with Crippen molar-refractivity contribution in [3.8, 4) is 0 Å². The van der Waals surface area contributed by atoms with Crippen molar-refractivity contribution in [2.24, 2.45) is 50.7 Å². The first-order valence-electron chi connectivity index (χ1n) is 20.5. The van der Waals surface area contributed by atoms with Gasteiger partial charge in [0.25, 0.3) is 0 Å². The molecule has 0 aromatic rings. The number of fused-ring (bicyclic) bond motifs is 4. The molecule has 5 aliphatic carbocycles. The molecule has 9 fully saturated rings. The molecular weight excluding hydrogens is 704 g/mol. The Balaban J connectivity index is 0.957. The van der Waals surface area contributed by atoms with Gasteiger partial charge < -0.3 is 69.3 Å². The Kier molecular flexibility index (Phi) is 8.67. The summed E-state index contributed by atoms with van der Waals surface area (Å²) in [5.41, 5.74) is -3.16. The van der Waals surface area contributed by atoms with Gasteiger partial charge in [0.1, 0.15) is 48.8 Å². The van der Waals surface area contributed by atoms with Crippen LogP contribution in [0, 0.1) is 50.7 Å². The molecule has 3 spiro atoms. The molecule has 2 bridgehead atoms. The van der Waals surface area contributed by atoms with Crippen LogP contribution >= 0.6 is 0 Å². The van der Waals surface area contributed by atoms with Crippen molar-refractivity contribution < 1.29 is 69.3 Å². The standard InChI is InChI=1S/C40H64O14/c1-17-12-20-30(35(4,5)48)54-40(53-20)29(17)37(7)23(43)13-39-16-38(39)11-10-24(34(2,3)21(38)8-9-22(39)36(37,6)33(40)47)51-32-27(46)28(19(42)15-50-32)52-31-26(45)25(44)18(41)14-49-31/h17-33,41-48H,8-16H2,1-7H3. The molecule has 22 unspecified atom stereocenters. The van der Waals surface area contributed by atoms with Gasteiger partial charge in [-0.05, 0) is 92.8 Å². The van der Waals surface area contributed by atoms with E-state index in [-0.39, 0.29) is 65.3 Å². The third-order valence-electron chi connectivity index (χ3n) is 17.6. The minimum absolute atomic E-state index is 0.0648. The molecule has 0 radical (unpaired) electrons. The number of ether oxygens (including phenoxy) is 6. The molecule has 4 aliphatic heterocycles. The molecule has 9 aliphatic rings. The van der Waals surface area contributed by atoms with E-state index in [1.807, 2.05) is 0 Å². The number of hydrogen-bond donors (Lipinski definition) is 8. The zero-order valence-corrected chi connectivity index (χ0v) is 32.7. The summed E-state index contributed by atoms with van der Waals surface area (Å²) in [6.07, 6.45) is -8.10. The average molecular weight is 769 g/mol. The first-order chi connectivity index (χ1) is 25.1. The molecular formula is C40H64O14. The zero-order chi connectivity index (χ0) is 38.9. The van der Waals surface area contributed by atoms with Crippen LogP contribution in [-0.4, -0.2) is 145 Å². The lowest BCUT2D eigenvalue weighted by atomic mass is 9.40. The van der Waals surface area contributed by atoms with Crippen molar-refractivity contribution >= 4 is 0 Å². The summed E-state index contributed by atoms with van der Waals surface area (Å²) in [5.74, 6) is -1.08. The van der Waals surface area contributed by atoms with Gasteiger partial charge in [-0.3, -0.25) is 0 Å². The number of aliphatic hydroxyl groups excluding tert-OH is 7. The van der Waals surface area contributed by atoms with Crippen molar-refractivity contribution in [1.82, 2.24) is 0 Å². The molecule has 4 saturated heterocycles. The van der Waals surface area contributed by atoms with Crippen LogP contribution in [0.3, 0.4) is 0 Å². The van der Waals surface area contributed by atoms with E-state index < -0.39 is 89.7 Å². The molecule has 9 rings (SSSR count). The SMILES string of the molecule is CC1CC2OC3(OC2C(C)(C)O)C(O)C2(C)C4CCC5C(C)(C)C(OC6OCC(O)C(OC7OCC(O)C(O)C7O)C6O)CCC56CC46CC(O)C2(C)C13. The van der Waals surface area contributed by atoms with Crippen molar-refractivity contribution in [1.29, 1.82) is 0 Å². The average Bonchev–Trinajstić information content (AvgIpc) is 3.58. The molecule has 0 aromatic heterocycles. The van der Waals surface area contributed by atoms with Gasteiger partial charge in [0.05, 0.1) is 37.1 Å². The maximum Gasteiger partial charge on any atom is 0.199 e. The molecule has 0 amide bonds. The van der Waals surface area contributed by atoms with E-state index >= 15 is 0 Å². The topological polar surface area (TPSA) is 217 Å². The second-order valence-electron chi connectivity index (χ2n) is 20.7. The van der Waals surface area contributed by atoms with Crippen LogP contribution in [0.15, 0.2) is 0 Å². The highest BCUT2D eigenvalue weighted by Gasteiger charge is 2.89. The molecule has 0 aromatic carbocycles. The van der Waals surface area contributed by atoms with Crippen LogP contribution in [0.5, 0.6) is 0 Å². The summed E-state index contributed by atoms with van der Waals surface area (Å²) < 4.78 is 37.2. The molecule has 54 heavy (non-hydrogen) atoms. The largest absolute Gasteiger partial charge is 0.393 e. The molecule has 14 heteroatoms. The molecule has 8 N–H and O–H groups in total. The van der Waals surface area contributed by atoms with Gasteiger partial charge in [0, 0.05) is 16.7 Å². The highest BCUT2D eigenvalue weighted by molar-refractivity contribution is 5.36. The Labute approximate surface area is 317 Å². The fourth-order valence-corrected chi connectivity index (χ4v) is 15.2. The maximum absolute atomic E-state index is 12.8. The van der Waals surface area contributed by atoms with E-state index in [1.54, 1.807) is 13.8 Å². The lowest BCUT2D eigenvalue weighted by Crippen LogP contribution is -2.64. The van der Waals surface area contributed by atoms with Gasteiger partial charge in [-0.25, -0.2) is 0 Å². The van der Waals surface area contributed by atoms with E-state index in [1.165, 1.54) is 0 Å². The van der Waals surface area contributed by atoms with Crippen molar-refractivity contribution in [2.75, 3.05) is 13.2 Å². The van der Waals surface area contributed by atoms with Crippen LogP contribution in [0.1, 0.15) is 93.4 Å². The van der Waals surface area contributed by atoms with Crippen LogP contribution in [-0.2, 0) is 28.4 Å². The molecule has 4 heterocycles. The third-order valence-corrected chi connectivity index (χ3v) is 17.6. The molecule has 14 nitrogen and oxygen atoms in total. The van der Waals surface area contributed by atoms with E-state index in [0.29, 0.717) is 19.3 Å². The van der Waals surface area contributed by atoms with Crippen molar-refractivity contribution in [2.45, 2.75) is 185 Å². The predicted molar refractivity (Wildman–Crippen MR) is 187 cm³/mol. The predicted octanol–water partition coefficient (Wildman–Crippen LogP) is 0.556. The quantitative estimate of drug-likeness (QED) is 0.180. The zero-order valence-electron chi connectivity index (χ0n) is 32.7. The number of aliphatic hydroxyl groups is 8. The monoisotopic (exact) mass is 768 g/mol. The Bertz CT molecular complexity index is 1490. The van der Waals surface area contributed by atoms with Gasteiger partial charge >= 0.3 is 0 Å². The number of hydrogen-bond acceptors (Lipinski definition) is 14. The minimum Gasteiger partial charge on any atom is -0.393 e. The van der Waals surface area contributed by atoms with Gasteiger partial charge in [0.2, 0.25) is 0 Å². The third kappa shape index (κ3) is 4.67. The summed E-state index contributed by atoms with van der Waals surface area (Å²) in [5, 5.41) is 89.0. The summed E-state index contributed by atoms with van der Waals surface area (Å²) in [7, 11) is 0. The Hall–Kier alpha value is -0.560. The second-order valence-corrected chi connectivity index (χ2v) is 20.7. The smallest absolute Gasteiger partial charge is 0.199 e. The first kappa shape index (κ1) is 38.9. The Morgan fingerprint density at radius 2 is 1.37 bits per heavy atom. The lowest BCUT2D eigenvalue weighted by Gasteiger charge is -2.65. The van der Waals surface area contributed by atoms with Crippen LogP contribution in [0.4, 0.5) is 0 Å². The summed E-state index contributed by atoms with van der Waals surface area (Å²) >= 11 is 0. The van der Waals surface area contributed by atoms with Gasteiger partial charge in [-0.1, -0.05) is 34.6 Å². The Morgan fingerprint density at radius 1 is 0.722 bits per heavy atom. The van der Waals surface area contributed by atoms with Crippen LogP contribution in [0.25, 0.3) is 0 Å². The van der Waals surface area contributed by atoms with E-state index in [2.05, 4.69) is 34.6 Å². The molecule has 308 valence electrons. The van der Waals surface area contributed by atoms with Gasteiger partial charge in [-0.2, -0.15) is 0 Å². The van der Waals surface area contributed by atoms with Gasteiger partial charge in [0.15, 0.2) is 18.4 Å². The second kappa shape index (κ2) is 12.0. The highest BCUT2D eigenvalue weighted by atomic mass is 16.8. The minimum atomic E-state index is -1.58. The Morgan fingerprint density at radius 3 is 2.06 bits per heavy atom. The highest BCUT2D eigenvalue weighted by Crippen LogP contribution is 2.90. The van der Waals surface area contributed by atoms with Crippen LogP contribution < -0.4 is 0 Å². The normalized spacial score (nSPS) is 61.5. The number of rotatable bonds is 5. The molecule has 5 saturated carbocycles. The van der Waals surface area contributed by atoms with Crippen molar-refractivity contribution in [3.05, 3.63) is 0 Å². The summed E-state index contributed by atoms with van der Waals surface area (Å²) in [6, 6.07) is 0. The fourth-order valence-electron chi connectivity index (χ4n) is 15.2. The molecule has 22 atom stereocenters. The maximum atomic E-state index is 12.8. The van der Waals surface area contributed by atoms with E-state index in [4.69, 9.17) is 28.4 Å². The summed E-state index contributed by atoms with van der Waals surface area (Å²) in [6.45, 7) is 14.0. The lowest BCUT2D eigenvalue weighted by molar-refractivity contribution is -0.345. The van der Waals surface area contributed by atoms with E-state index in [9.17, 15) is 40.9 Å². The van der Waals surface area contributed by atoms with Crippen LogP contribution in [0.2, 0.25) is 0 Å². The fraction of sp³-hybridized carbons (Fsp3) is 1.00. The van der Waals surface area contributed by atoms with Gasteiger partial charge in [-0.15, -0.1) is 0 Å². The summed E-state index contributed by atoms with van der Waals surface area (Å²) in [4.78, 5) is 0. The van der Waals surface area contributed by atoms with E-state index in [0.717, 1.165) is 25.7 Å².